The summed E-state index contributed by atoms with van der Waals surface area (Å²) in [6.07, 6.45) is 1.62. The number of rotatable bonds is 11. The zero-order valence-corrected chi connectivity index (χ0v) is 26.9. The molecule has 1 unspecified atom stereocenters. The van der Waals surface area contributed by atoms with Gasteiger partial charge in [-0.2, -0.15) is 13.2 Å². The Morgan fingerprint density at radius 2 is 1.64 bits per heavy atom. The topological polar surface area (TPSA) is 109 Å². The molecule has 13 heteroatoms. The lowest BCUT2D eigenvalue weighted by Crippen LogP contribution is -2.56. The summed E-state index contributed by atoms with van der Waals surface area (Å²) in [5.41, 5.74) is 2.57. The summed E-state index contributed by atoms with van der Waals surface area (Å²) in [4.78, 5) is 41.6. The fourth-order valence-electron chi connectivity index (χ4n) is 6.63. The number of piperidine rings is 2. The second kappa shape index (κ2) is 16.6. The highest BCUT2D eigenvalue weighted by Gasteiger charge is 2.54. The average Bonchev–Trinajstić information content (AvgIpc) is 3.25. The van der Waals surface area contributed by atoms with Gasteiger partial charge in [-0.1, -0.05) is 38.0 Å². The Labute approximate surface area is 263 Å². The maximum absolute atomic E-state index is 13.2. The molecule has 1 N–H and O–H groups in total. The minimum absolute atomic E-state index is 0.111. The standard InChI is InChI=1S/C30H47N3O5.C2HF3O2/c1-5-6-10-26-30(38-29(35)33(26)19-20-37-22-21-36-4)13-17-31(18-14-30)25-11-15-32(16-12-25)28(34)27-23(2)8-7-9-24(27)3;3-2(4,5)1(6)7/h7-9,25-26H,5-6,10-22H2,1-4H3;(H,6,7). The van der Waals surface area contributed by atoms with Crippen molar-refractivity contribution < 1.29 is 46.9 Å². The lowest BCUT2D eigenvalue weighted by Gasteiger charge is -2.46. The van der Waals surface area contributed by atoms with Crippen LogP contribution in [0.4, 0.5) is 18.0 Å². The Morgan fingerprint density at radius 1 is 1.04 bits per heavy atom. The molecule has 1 spiro atoms. The van der Waals surface area contributed by atoms with Gasteiger partial charge in [-0.3, -0.25) is 14.6 Å². The van der Waals surface area contributed by atoms with Crippen molar-refractivity contribution in [2.24, 2.45) is 0 Å². The van der Waals surface area contributed by atoms with Crippen molar-refractivity contribution in [3.8, 4) is 0 Å². The van der Waals surface area contributed by atoms with Gasteiger partial charge in [0.2, 0.25) is 0 Å². The maximum Gasteiger partial charge on any atom is 0.490 e. The zero-order chi connectivity index (χ0) is 33.2. The van der Waals surface area contributed by atoms with Crippen LogP contribution in [-0.2, 0) is 19.0 Å². The van der Waals surface area contributed by atoms with Gasteiger partial charge in [-0.15, -0.1) is 0 Å². The number of amides is 2. The van der Waals surface area contributed by atoms with Crippen molar-refractivity contribution in [2.75, 3.05) is 59.7 Å². The van der Waals surface area contributed by atoms with Crippen molar-refractivity contribution in [1.82, 2.24) is 14.7 Å². The van der Waals surface area contributed by atoms with Crippen LogP contribution in [0.2, 0.25) is 0 Å². The van der Waals surface area contributed by atoms with E-state index in [-0.39, 0.29) is 18.0 Å². The molecule has 3 aliphatic rings. The van der Waals surface area contributed by atoms with E-state index in [0.717, 1.165) is 87.8 Å². The van der Waals surface area contributed by atoms with E-state index in [4.69, 9.17) is 24.1 Å². The summed E-state index contributed by atoms with van der Waals surface area (Å²) < 4.78 is 48.6. The molecule has 0 aliphatic carbocycles. The molecule has 45 heavy (non-hydrogen) atoms. The molecule has 0 bridgehead atoms. The van der Waals surface area contributed by atoms with Gasteiger partial charge in [0.15, 0.2) is 0 Å². The van der Waals surface area contributed by atoms with Gasteiger partial charge in [-0.25, -0.2) is 9.59 Å². The highest BCUT2D eigenvalue weighted by Crippen LogP contribution is 2.41. The number of carboxylic acids is 1. The summed E-state index contributed by atoms with van der Waals surface area (Å²) >= 11 is 0. The number of alkyl halides is 3. The highest BCUT2D eigenvalue weighted by molar-refractivity contribution is 5.97. The molecule has 1 aromatic rings. The molecular formula is C32H48F3N3O7. The van der Waals surface area contributed by atoms with Gasteiger partial charge in [-0.05, 0) is 44.2 Å². The molecule has 2 amide bonds. The number of carboxylic acid groups (broad SMARTS) is 1. The van der Waals surface area contributed by atoms with Crippen LogP contribution in [0, 0.1) is 13.8 Å². The normalized spacial score (nSPS) is 20.6. The highest BCUT2D eigenvalue weighted by atomic mass is 19.4. The van der Waals surface area contributed by atoms with E-state index in [1.807, 2.05) is 41.8 Å². The van der Waals surface area contributed by atoms with Crippen LogP contribution in [0.25, 0.3) is 0 Å². The van der Waals surface area contributed by atoms with Crippen molar-refractivity contribution >= 4 is 18.0 Å². The van der Waals surface area contributed by atoms with Crippen molar-refractivity contribution in [2.45, 2.75) is 89.6 Å². The number of benzene rings is 1. The van der Waals surface area contributed by atoms with Crippen LogP contribution < -0.4 is 0 Å². The first-order valence-electron chi connectivity index (χ1n) is 15.8. The zero-order valence-electron chi connectivity index (χ0n) is 26.9. The first-order chi connectivity index (χ1) is 21.3. The number of methoxy groups -OCH3 is 1. The van der Waals surface area contributed by atoms with Crippen molar-refractivity contribution in [1.29, 1.82) is 0 Å². The van der Waals surface area contributed by atoms with E-state index < -0.39 is 17.7 Å². The smallest absolute Gasteiger partial charge is 0.475 e. The number of aliphatic carboxylic acids is 1. The third kappa shape index (κ3) is 9.55. The molecule has 1 atom stereocenters. The Balaban J connectivity index is 0.000000707. The van der Waals surface area contributed by atoms with Gasteiger partial charge in [0, 0.05) is 64.3 Å². The molecule has 0 aromatic heterocycles. The molecule has 0 radical (unpaired) electrons. The van der Waals surface area contributed by atoms with E-state index >= 15 is 0 Å². The third-order valence-corrected chi connectivity index (χ3v) is 9.10. The quantitative estimate of drug-likeness (QED) is 0.334. The minimum Gasteiger partial charge on any atom is -0.475 e. The lowest BCUT2D eigenvalue weighted by molar-refractivity contribution is -0.192. The predicted molar refractivity (Wildman–Crippen MR) is 161 cm³/mol. The fraction of sp³-hybridized carbons (Fsp3) is 0.719. The van der Waals surface area contributed by atoms with E-state index in [0.29, 0.717) is 32.4 Å². The number of carbonyl (C=O) groups excluding carboxylic acids is 2. The number of halogens is 3. The average molecular weight is 644 g/mol. The lowest BCUT2D eigenvalue weighted by atomic mass is 9.81. The molecule has 0 saturated carbocycles. The van der Waals surface area contributed by atoms with E-state index in [9.17, 15) is 22.8 Å². The molecule has 3 aliphatic heterocycles. The van der Waals surface area contributed by atoms with Crippen LogP contribution >= 0.6 is 0 Å². The van der Waals surface area contributed by atoms with Crippen LogP contribution in [0.5, 0.6) is 0 Å². The van der Waals surface area contributed by atoms with E-state index in [1.165, 1.54) is 0 Å². The summed E-state index contributed by atoms with van der Waals surface area (Å²) in [6.45, 7) is 11.9. The fourth-order valence-corrected chi connectivity index (χ4v) is 6.63. The number of nitrogens with zero attached hydrogens (tertiary/aromatic N) is 3. The van der Waals surface area contributed by atoms with Gasteiger partial charge in [0.25, 0.3) is 5.91 Å². The van der Waals surface area contributed by atoms with Crippen LogP contribution in [0.15, 0.2) is 18.2 Å². The summed E-state index contributed by atoms with van der Waals surface area (Å²) in [7, 11) is 1.66. The molecule has 1 aromatic carbocycles. The number of ether oxygens (including phenoxy) is 3. The van der Waals surface area contributed by atoms with Crippen LogP contribution in [0.3, 0.4) is 0 Å². The van der Waals surface area contributed by atoms with E-state index in [2.05, 4.69) is 11.8 Å². The molecule has 4 rings (SSSR count). The molecule has 3 heterocycles. The summed E-state index contributed by atoms with van der Waals surface area (Å²) in [5, 5.41) is 7.12. The third-order valence-electron chi connectivity index (χ3n) is 9.10. The second-order valence-corrected chi connectivity index (χ2v) is 12.0. The number of unbranched alkanes of at least 4 members (excludes halogenated alkanes) is 1. The van der Waals surface area contributed by atoms with Gasteiger partial charge < -0.3 is 24.2 Å². The largest absolute Gasteiger partial charge is 0.490 e. The van der Waals surface area contributed by atoms with Gasteiger partial charge in [0.1, 0.15) is 5.60 Å². The second-order valence-electron chi connectivity index (χ2n) is 12.0. The van der Waals surface area contributed by atoms with Gasteiger partial charge >= 0.3 is 18.2 Å². The van der Waals surface area contributed by atoms with Crippen LogP contribution in [-0.4, -0.2) is 121 Å². The first kappa shape index (κ1) is 36.6. The van der Waals surface area contributed by atoms with Crippen LogP contribution in [0.1, 0.15) is 73.4 Å². The number of hydrogen-bond donors (Lipinski definition) is 1. The molecular weight excluding hydrogens is 595 g/mol. The Kier molecular flexibility index (Phi) is 13.5. The molecule has 3 fully saturated rings. The Hall–Kier alpha value is -2.90. The summed E-state index contributed by atoms with van der Waals surface area (Å²) in [6, 6.07) is 6.65. The SMILES string of the molecule is CCCCC1N(CCOCCOC)C(=O)OC12CCN(C1CCN(C(=O)c3c(C)cccc3C)CC1)CC2.O=C(O)C(F)(F)F. The number of carbonyl (C=O) groups is 3. The molecule has 10 nitrogen and oxygen atoms in total. The minimum atomic E-state index is -5.08. The maximum atomic E-state index is 13.2. The number of likely N-dealkylation sites (tertiary alicyclic amines) is 2. The van der Waals surface area contributed by atoms with Gasteiger partial charge in [0.05, 0.1) is 25.9 Å². The first-order valence-corrected chi connectivity index (χ1v) is 15.8. The monoisotopic (exact) mass is 643 g/mol. The number of aryl methyl sites for hydroxylation is 2. The Bertz CT molecular complexity index is 1110. The summed E-state index contributed by atoms with van der Waals surface area (Å²) in [5.74, 6) is -2.59. The predicted octanol–water partition coefficient (Wildman–Crippen LogP) is 5.05. The van der Waals surface area contributed by atoms with Crippen molar-refractivity contribution in [3.63, 3.8) is 0 Å². The van der Waals surface area contributed by atoms with E-state index in [1.54, 1.807) is 7.11 Å². The molecule has 3 saturated heterocycles. The molecule has 254 valence electrons. The van der Waals surface area contributed by atoms with Crippen molar-refractivity contribution in [3.05, 3.63) is 34.9 Å². The number of hydrogen-bond acceptors (Lipinski definition) is 7. The Morgan fingerprint density at radius 3 is 2.18 bits per heavy atom.